The first-order valence-electron chi connectivity index (χ1n) is 18.4. The number of nitrogens with zero attached hydrogens (tertiary/aromatic N) is 6. The van der Waals surface area contributed by atoms with E-state index in [1.165, 1.54) is 10.9 Å². The van der Waals surface area contributed by atoms with Crippen LogP contribution in [0.2, 0.25) is 5.02 Å². The quantitative estimate of drug-likeness (QED) is 0.198. The van der Waals surface area contributed by atoms with Crippen LogP contribution in [0.15, 0.2) is 59.8 Å². The molecular formula is C39H49ClN8O5. The number of aliphatic hydroxyl groups is 1. The van der Waals surface area contributed by atoms with E-state index in [4.69, 9.17) is 11.6 Å². The first-order valence-corrected chi connectivity index (χ1v) is 18.8. The minimum Gasteiger partial charge on any atom is -0.388 e. The molecule has 2 atom stereocenters. The van der Waals surface area contributed by atoms with Gasteiger partial charge >= 0.3 is 0 Å². The Bertz CT molecular complexity index is 2030. The summed E-state index contributed by atoms with van der Waals surface area (Å²) in [4.78, 5) is 67.2. The zero-order chi connectivity index (χ0) is 37.7. The molecule has 2 aromatic heterocycles. The van der Waals surface area contributed by atoms with E-state index < -0.39 is 5.60 Å². The largest absolute Gasteiger partial charge is 0.388 e. The van der Waals surface area contributed by atoms with Crippen molar-refractivity contribution in [3.8, 4) is 0 Å². The molecule has 282 valence electrons. The summed E-state index contributed by atoms with van der Waals surface area (Å²) in [5.74, 6) is -0.0482. The van der Waals surface area contributed by atoms with Crippen molar-refractivity contribution in [3.63, 3.8) is 0 Å². The Balaban J connectivity index is 0.976. The highest BCUT2D eigenvalue weighted by Gasteiger charge is 2.39. The summed E-state index contributed by atoms with van der Waals surface area (Å²) in [7, 11) is 3.81. The number of fused-ring (bicyclic) bond motifs is 2. The Labute approximate surface area is 314 Å². The zero-order valence-electron chi connectivity index (χ0n) is 30.7. The molecule has 3 N–H and O–H groups in total. The summed E-state index contributed by atoms with van der Waals surface area (Å²) in [6.45, 7) is 6.39. The fourth-order valence-corrected chi connectivity index (χ4v) is 7.70. The minimum atomic E-state index is -1.15. The molecule has 2 aliphatic rings. The predicted octanol–water partition coefficient (Wildman–Crippen LogP) is 3.62. The zero-order valence-corrected chi connectivity index (χ0v) is 31.4. The van der Waals surface area contributed by atoms with E-state index >= 15 is 0 Å². The standard InChI is InChI=1S/C39H49ClN8O5/c1-4-26-23-46(20-15-42-36(50)27-5-7-30-32(40)9-14-41-33(30)21-27)17-10-29(26)37(51)47-18-12-39(53,13-19-47)24-48-25-43-34-22-28(6-8-31(34)38(48)52)44-35(49)11-16-45(2)3/h5-9,14,21-22,25-26,29,53H,4,10-13,15-20,23-24H2,1-3H3,(H,42,50)(H,44,49)/t26-,29?/m1/s1. The number of rotatable bonds is 12. The Morgan fingerprint density at radius 3 is 2.53 bits per heavy atom. The Kier molecular flexibility index (Phi) is 12.1. The molecule has 0 bridgehead atoms. The molecule has 14 heteroatoms. The molecular weight excluding hydrogens is 696 g/mol. The van der Waals surface area contributed by atoms with Crippen LogP contribution in [0, 0.1) is 11.8 Å². The van der Waals surface area contributed by atoms with Gasteiger partial charge in [0.1, 0.15) is 0 Å². The monoisotopic (exact) mass is 744 g/mol. The highest BCUT2D eigenvalue weighted by molar-refractivity contribution is 6.35. The maximum Gasteiger partial charge on any atom is 0.261 e. The van der Waals surface area contributed by atoms with Gasteiger partial charge in [-0.25, -0.2) is 4.98 Å². The van der Waals surface area contributed by atoms with Crippen molar-refractivity contribution in [1.29, 1.82) is 0 Å². The number of benzene rings is 2. The fourth-order valence-electron chi connectivity index (χ4n) is 7.48. The molecule has 2 aromatic carbocycles. The number of carbonyl (C=O) groups is 3. The number of amides is 3. The number of likely N-dealkylation sites (tertiary alicyclic amines) is 2. The number of nitrogens with one attached hydrogen (secondary N) is 2. The van der Waals surface area contributed by atoms with Crippen LogP contribution in [0.4, 0.5) is 5.69 Å². The molecule has 13 nitrogen and oxygen atoms in total. The molecule has 0 saturated carbocycles. The van der Waals surface area contributed by atoms with Gasteiger partial charge in [-0.15, -0.1) is 0 Å². The third kappa shape index (κ3) is 9.21. The number of carbonyl (C=O) groups excluding carboxylic acids is 3. The maximum atomic E-state index is 13.8. The Morgan fingerprint density at radius 2 is 1.77 bits per heavy atom. The van der Waals surface area contributed by atoms with Gasteiger partial charge in [0, 0.05) is 74.4 Å². The maximum absolute atomic E-state index is 13.8. The van der Waals surface area contributed by atoms with Crippen molar-refractivity contribution < 1.29 is 19.5 Å². The van der Waals surface area contributed by atoms with Gasteiger partial charge in [0.05, 0.1) is 39.9 Å². The van der Waals surface area contributed by atoms with Crippen molar-refractivity contribution in [2.75, 3.05) is 65.2 Å². The topological polar surface area (TPSA) is 153 Å². The van der Waals surface area contributed by atoms with Gasteiger partial charge in [-0.3, -0.25) is 28.7 Å². The smallest absolute Gasteiger partial charge is 0.261 e. The lowest BCUT2D eigenvalue weighted by molar-refractivity contribution is -0.144. The normalized spacial score (nSPS) is 19.1. The number of piperidine rings is 2. The van der Waals surface area contributed by atoms with Gasteiger partial charge < -0.3 is 30.4 Å². The fraction of sp³-hybridized carbons (Fsp3) is 0.487. The first kappa shape index (κ1) is 38.3. The summed E-state index contributed by atoms with van der Waals surface area (Å²) in [6.07, 6.45) is 5.74. The second-order valence-electron chi connectivity index (χ2n) is 14.7. The van der Waals surface area contributed by atoms with Crippen molar-refractivity contribution in [1.82, 2.24) is 34.6 Å². The molecule has 2 saturated heterocycles. The molecule has 1 unspecified atom stereocenters. The highest BCUT2D eigenvalue weighted by atomic mass is 35.5. The molecule has 3 amide bonds. The van der Waals surface area contributed by atoms with Gasteiger partial charge in [0.2, 0.25) is 11.8 Å². The van der Waals surface area contributed by atoms with E-state index in [0.29, 0.717) is 84.7 Å². The predicted molar refractivity (Wildman–Crippen MR) is 206 cm³/mol. The molecule has 53 heavy (non-hydrogen) atoms. The third-order valence-corrected chi connectivity index (χ3v) is 11.0. The van der Waals surface area contributed by atoms with E-state index in [1.807, 2.05) is 30.0 Å². The van der Waals surface area contributed by atoms with E-state index in [2.05, 4.69) is 32.4 Å². The molecule has 0 spiro atoms. The minimum absolute atomic E-state index is 0.0818. The number of hydrogen-bond acceptors (Lipinski definition) is 9. The van der Waals surface area contributed by atoms with E-state index in [1.54, 1.807) is 42.6 Å². The molecule has 4 aromatic rings. The van der Waals surface area contributed by atoms with Crippen LogP contribution >= 0.6 is 11.6 Å². The molecule has 0 aliphatic carbocycles. The van der Waals surface area contributed by atoms with E-state index in [9.17, 15) is 24.3 Å². The van der Waals surface area contributed by atoms with Crippen LogP contribution in [-0.4, -0.2) is 118 Å². The summed E-state index contributed by atoms with van der Waals surface area (Å²) >= 11 is 6.24. The molecule has 6 rings (SSSR count). The van der Waals surface area contributed by atoms with Crippen molar-refractivity contribution in [3.05, 3.63) is 75.9 Å². The third-order valence-electron chi connectivity index (χ3n) is 10.7. The van der Waals surface area contributed by atoms with Crippen molar-refractivity contribution in [2.24, 2.45) is 11.8 Å². The average molecular weight is 745 g/mol. The van der Waals surface area contributed by atoms with Crippen molar-refractivity contribution >= 4 is 56.8 Å². The lowest BCUT2D eigenvalue weighted by Gasteiger charge is -2.43. The van der Waals surface area contributed by atoms with Crippen LogP contribution < -0.4 is 16.2 Å². The van der Waals surface area contributed by atoms with E-state index in [-0.39, 0.29) is 41.7 Å². The molecule has 2 fully saturated rings. The molecule has 2 aliphatic heterocycles. The van der Waals surface area contributed by atoms with Crippen LogP contribution in [0.1, 0.15) is 49.4 Å². The SMILES string of the molecule is CC[C@@H]1CN(CCNC(=O)c2ccc3c(Cl)ccnc3c2)CCC1C(=O)N1CCC(O)(Cn2cnc3cc(NC(=O)CCN(C)C)ccc3c2=O)CC1. The summed E-state index contributed by atoms with van der Waals surface area (Å²) in [5.41, 5.74) is 0.837. The molecule has 0 radical (unpaired) electrons. The van der Waals surface area contributed by atoms with Gasteiger partial charge in [-0.05, 0) is 82.2 Å². The number of pyridine rings is 1. The highest BCUT2D eigenvalue weighted by Crippen LogP contribution is 2.31. The number of anilines is 1. The van der Waals surface area contributed by atoms with Crippen LogP contribution in [0.25, 0.3) is 21.8 Å². The number of hydrogen-bond donors (Lipinski definition) is 3. The Morgan fingerprint density at radius 1 is 1.02 bits per heavy atom. The van der Waals surface area contributed by atoms with E-state index in [0.717, 1.165) is 31.3 Å². The number of halogens is 1. The lowest BCUT2D eigenvalue weighted by Crippen LogP contribution is -2.53. The van der Waals surface area contributed by atoms with Crippen LogP contribution in [0.3, 0.4) is 0 Å². The summed E-state index contributed by atoms with van der Waals surface area (Å²) in [6, 6.07) is 12.1. The summed E-state index contributed by atoms with van der Waals surface area (Å²) < 4.78 is 1.44. The summed E-state index contributed by atoms with van der Waals surface area (Å²) in [5, 5.41) is 19.2. The second-order valence-corrected chi connectivity index (χ2v) is 15.1. The number of aromatic nitrogens is 3. The van der Waals surface area contributed by atoms with Gasteiger partial charge in [0.25, 0.3) is 11.5 Å². The van der Waals surface area contributed by atoms with Crippen LogP contribution in [0.5, 0.6) is 0 Å². The van der Waals surface area contributed by atoms with Gasteiger partial charge in [0.15, 0.2) is 0 Å². The van der Waals surface area contributed by atoms with Crippen molar-refractivity contribution in [2.45, 2.75) is 51.2 Å². The second kappa shape index (κ2) is 16.7. The lowest BCUT2D eigenvalue weighted by atomic mass is 9.81. The van der Waals surface area contributed by atoms with Gasteiger partial charge in [-0.1, -0.05) is 31.0 Å². The van der Waals surface area contributed by atoms with Crippen LogP contribution in [-0.2, 0) is 16.1 Å². The average Bonchev–Trinajstić information content (AvgIpc) is 3.15. The first-order chi connectivity index (χ1) is 25.4. The Hall–Kier alpha value is -4.43. The van der Waals surface area contributed by atoms with Gasteiger partial charge in [-0.2, -0.15) is 0 Å². The molecule has 4 heterocycles.